The molecule has 0 radical (unpaired) electrons. The zero-order chi connectivity index (χ0) is 16.3. The Morgan fingerprint density at radius 2 is 1.87 bits per heavy atom. The summed E-state index contributed by atoms with van der Waals surface area (Å²) in [5, 5.41) is 0.555. The molecule has 1 aliphatic rings. The molecule has 1 aromatic rings. The summed E-state index contributed by atoms with van der Waals surface area (Å²) < 4.78 is 21.8. The van der Waals surface area contributed by atoms with E-state index in [0.717, 1.165) is 43.3 Å². The molecule has 0 spiro atoms. The van der Waals surface area contributed by atoms with E-state index in [1.54, 1.807) is 0 Å². The molecule has 23 heavy (non-hydrogen) atoms. The van der Waals surface area contributed by atoms with Gasteiger partial charge in [0.05, 0.1) is 19.8 Å². The summed E-state index contributed by atoms with van der Waals surface area (Å²) in [6, 6.07) is 6.20. The highest BCUT2D eigenvalue weighted by Crippen LogP contribution is 2.33. The van der Waals surface area contributed by atoms with Crippen molar-refractivity contribution in [2.45, 2.75) is 38.4 Å². The maximum atomic E-state index is 5.59. The minimum atomic E-state index is 0.336. The fourth-order valence-corrected chi connectivity index (χ4v) is 3.26. The molecule has 2 rings (SSSR count). The second kappa shape index (κ2) is 10.8. The van der Waals surface area contributed by atoms with E-state index < -0.39 is 0 Å². The maximum absolute atomic E-state index is 5.59. The van der Waals surface area contributed by atoms with Crippen LogP contribution in [0.2, 0.25) is 0 Å². The van der Waals surface area contributed by atoms with Gasteiger partial charge >= 0.3 is 0 Å². The van der Waals surface area contributed by atoms with Crippen LogP contribution in [-0.4, -0.2) is 44.2 Å². The minimum absolute atomic E-state index is 0.336. The molecular weight excluding hydrogens is 312 g/mol. The van der Waals surface area contributed by atoms with Crippen molar-refractivity contribution < 1.29 is 18.9 Å². The fraction of sp³-hybridized carbons (Fsp3) is 0.667. The van der Waals surface area contributed by atoms with Gasteiger partial charge in [0.1, 0.15) is 0 Å². The van der Waals surface area contributed by atoms with Crippen molar-refractivity contribution in [2.75, 3.05) is 39.0 Å². The number of fused-ring (bicyclic) bond motifs is 1. The third-order valence-electron chi connectivity index (χ3n) is 3.60. The lowest BCUT2D eigenvalue weighted by Crippen LogP contribution is -2.09. The smallest absolute Gasteiger partial charge is 0.231 e. The van der Waals surface area contributed by atoms with Crippen LogP contribution in [0.5, 0.6) is 11.5 Å². The lowest BCUT2D eigenvalue weighted by Gasteiger charge is -2.12. The summed E-state index contributed by atoms with van der Waals surface area (Å²) in [6.07, 6.45) is 3.34. The third-order valence-corrected chi connectivity index (χ3v) is 4.74. The van der Waals surface area contributed by atoms with Gasteiger partial charge in [-0.3, -0.25) is 0 Å². The number of unbranched alkanes of at least 4 members (excludes halogenated alkanes) is 1. The maximum Gasteiger partial charge on any atom is 0.231 e. The first-order chi connectivity index (χ1) is 11.3. The van der Waals surface area contributed by atoms with Gasteiger partial charge in [-0.25, -0.2) is 0 Å². The van der Waals surface area contributed by atoms with Crippen molar-refractivity contribution in [3.8, 4) is 11.5 Å². The Balaban J connectivity index is 1.51. The van der Waals surface area contributed by atoms with Crippen LogP contribution in [0, 0.1) is 0 Å². The van der Waals surface area contributed by atoms with Crippen LogP contribution in [0.4, 0.5) is 0 Å². The van der Waals surface area contributed by atoms with Crippen LogP contribution in [-0.2, 0) is 15.9 Å². The lowest BCUT2D eigenvalue weighted by atomic mass is 10.1. The van der Waals surface area contributed by atoms with E-state index in [0.29, 0.717) is 25.3 Å². The molecule has 0 saturated heterocycles. The van der Waals surface area contributed by atoms with Crippen LogP contribution >= 0.6 is 11.8 Å². The number of benzene rings is 1. The average Bonchev–Trinajstić information content (AvgIpc) is 3.01. The van der Waals surface area contributed by atoms with Gasteiger partial charge in [0.25, 0.3) is 0 Å². The molecule has 1 unspecified atom stereocenters. The van der Waals surface area contributed by atoms with Gasteiger partial charge in [-0.1, -0.05) is 26.3 Å². The van der Waals surface area contributed by atoms with Gasteiger partial charge in [-0.15, -0.1) is 0 Å². The van der Waals surface area contributed by atoms with E-state index in [1.165, 1.54) is 12.0 Å². The molecule has 1 aromatic carbocycles. The number of rotatable bonds is 12. The summed E-state index contributed by atoms with van der Waals surface area (Å²) >= 11 is 1.94. The van der Waals surface area contributed by atoms with Gasteiger partial charge in [0, 0.05) is 17.6 Å². The predicted octanol–water partition coefficient (Wildman–Crippen LogP) is 3.91. The van der Waals surface area contributed by atoms with E-state index in [2.05, 4.69) is 26.0 Å². The van der Waals surface area contributed by atoms with Crippen LogP contribution in [0.15, 0.2) is 18.2 Å². The van der Waals surface area contributed by atoms with E-state index in [4.69, 9.17) is 18.9 Å². The van der Waals surface area contributed by atoms with E-state index in [1.807, 2.05) is 17.8 Å². The van der Waals surface area contributed by atoms with Crippen molar-refractivity contribution in [1.82, 2.24) is 0 Å². The zero-order valence-corrected chi connectivity index (χ0v) is 15.0. The first-order valence-corrected chi connectivity index (χ1v) is 9.50. The second-order valence-electron chi connectivity index (χ2n) is 5.65. The Morgan fingerprint density at radius 3 is 2.70 bits per heavy atom. The predicted molar refractivity (Wildman–Crippen MR) is 94.7 cm³/mol. The third kappa shape index (κ3) is 7.02. The van der Waals surface area contributed by atoms with Gasteiger partial charge < -0.3 is 18.9 Å². The van der Waals surface area contributed by atoms with Gasteiger partial charge in [0.15, 0.2) is 11.5 Å². The van der Waals surface area contributed by atoms with Crippen LogP contribution in [0.3, 0.4) is 0 Å². The molecular formula is C18H28O4S. The molecule has 0 saturated carbocycles. The Morgan fingerprint density at radius 1 is 1.09 bits per heavy atom. The summed E-state index contributed by atoms with van der Waals surface area (Å²) in [5.41, 5.74) is 1.29. The van der Waals surface area contributed by atoms with Crippen molar-refractivity contribution in [2.24, 2.45) is 0 Å². The molecule has 0 bridgehead atoms. The fourth-order valence-electron chi connectivity index (χ4n) is 2.34. The summed E-state index contributed by atoms with van der Waals surface area (Å²) in [6.45, 7) is 7.79. The minimum Gasteiger partial charge on any atom is -0.454 e. The summed E-state index contributed by atoms with van der Waals surface area (Å²) in [7, 11) is 0. The molecule has 1 atom stereocenters. The Kier molecular flexibility index (Phi) is 8.64. The molecule has 0 N–H and O–H groups in total. The SMILES string of the molecule is CCCCOCCOCCSC(C)Cc1ccc2c(c1)OCO2. The Labute approximate surface area is 143 Å². The summed E-state index contributed by atoms with van der Waals surface area (Å²) in [5.74, 6) is 2.73. The molecule has 1 heterocycles. The largest absolute Gasteiger partial charge is 0.454 e. The normalized spacial score (nSPS) is 14.2. The lowest BCUT2D eigenvalue weighted by molar-refractivity contribution is 0.0527. The molecule has 0 amide bonds. The van der Waals surface area contributed by atoms with Crippen molar-refractivity contribution in [1.29, 1.82) is 0 Å². The topological polar surface area (TPSA) is 36.9 Å². The number of thioether (sulfide) groups is 1. The van der Waals surface area contributed by atoms with E-state index >= 15 is 0 Å². The zero-order valence-electron chi connectivity index (χ0n) is 14.2. The monoisotopic (exact) mass is 340 g/mol. The molecule has 1 aliphatic heterocycles. The molecule has 0 aromatic heterocycles. The highest BCUT2D eigenvalue weighted by molar-refractivity contribution is 7.99. The van der Waals surface area contributed by atoms with Crippen LogP contribution in [0.25, 0.3) is 0 Å². The highest BCUT2D eigenvalue weighted by Gasteiger charge is 2.14. The van der Waals surface area contributed by atoms with Gasteiger partial charge in [-0.05, 0) is 30.5 Å². The highest BCUT2D eigenvalue weighted by atomic mass is 32.2. The molecule has 5 heteroatoms. The second-order valence-corrected chi connectivity index (χ2v) is 7.20. The average molecular weight is 340 g/mol. The Hall–Kier alpha value is -0.910. The number of ether oxygens (including phenoxy) is 4. The van der Waals surface area contributed by atoms with Crippen molar-refractivity contribution >= 4 is 11.8 Å². The first-order valence-electron chi connectivity index (χ1n) is 8.45. The van der Waals surface area contributed by atoms with E-state index in [-0.39, 0.29) is 0 Å². The Bertz CT molecular complexity index is 453. The van der Waals surface area contributed by atoms with Gasteiger partial charge in [-0.2, -0.15) is 11.8 Å². The molecule has 0 fully saturated rings. The quantitative estimate of drug-likeness (QED) is 0.539. The standard InChI is InChI=1S/C18H28O4S/c1-3-4-7-19-8-9-20-10-11-23-15(2)12-16-5-6-17-18(13-16)22-14-21-17/h5-6,13,15H,3-4,7-12,14H2,1-2H3. The summed E-state index contributed by atoms with van der Waals surface area (Å²) in [4.78, 5) is 0. The molecule has 130 valence electrons. The van der Waals surface area contributed by atoms with Crippen molar-refractivity contribution in [3.63, 3.8) is 0 Å². The van der Waals surface area contributed by atoms with E-state index in [9.17, 15) is 0 Å². The molecule has 0 aliphatic carbocycles. The van der Waals surface area contributed by atoms with Gasteiger partial charge in [0.2, 0.25) is 6.79 Å². The molecule has 4 nitrogen and oxygen atoms in total. The van der Waals surface area contributed by atoms with Crippen molar-refractivity contribution in [3.05, 3.63) is 23.8 Å². The first kappa shape index (κ1) is 18.4. The number of hydrogen-bond donors (Lipinski definition) is 0. The van der Waals surface area contributed by atoms with Crippen LogP contribution in [0.1, 0.15) is 32.3 Å². The van der Waals surface area contributed by atoms with Crippen LogP contribution < -0.4 is 9.47 Å². The number of hydrogen-bond acceptors (Lipinski definition) is 5.